The second kappa shape index (κ2) is 6.27. The van der Waals surface area contributed by atoms with Gasteiger partial charge in [-0.1, -0.05) is 24.1 Å². The van der Waals surface area contributed by atoms with E-state index in [-0.39, 0.29) is 18.6 Å². The maximum Gasteiger partial charge on any atom is 0.258 e. The summed E-state index contributed by atoms with van der Waals surface area (Å²) in [6.45, 7) is 2.17. The summed E-state index contributed by atoms with van der Waals surface area (Å²) in [5, 5.41) is 3.71. The van der Waals surface area contributed by atoms with Gasteiger partial charge in [0.15, 0.2) is 6.61 Å². The third-order valence-corrected chi connectivity index (χ3v) is 5.22. The maximum atomic E-state index is 12.0. The van der Waals surface area contributed by atoms with Crippen LogP contribution >= 0.6 is 11.6 Å². The van der Waals surface area contributed by atoms with Gasteiger partial charge in [0.1, 0.15) is 5.75 Å². The van der Waals surface area contributed by atoms with E-state index in [1.807, 2.05) is 6.07 Å². The molecule has 2 fully saturated rings. The second-order valence-electron chi connectivity index (χ2n) is 6.44. The molecule has 1 N–H and O–H groups in total. The third kappa shape index (κ3) is 3.52. The van der Waals surface area contributed by atoms with E-state index in [0.29, 0.717) is 16.7 Å². The lowest BCUT2D eigenvalue weighted by molar-refractivity contribution is -0.124. The van der Waals surface area contributed by atoms with Crippen LogP contribution in [0.15, 0.2) is 24.3 Å². The van der Waals surface area contributed by atoms with E-state index in [0.717, 1.165) is 11.8 Å². The molecule has 0 radical (unpaired) electrons. The normalized spacial score (nSPS) is 28.4. The van der Waals surface area contributed by atoms with Gasteiger partial charge in [0.25, 0.3) is 5.91 Å². The highest BCUT2D eigenvalue weighted by Crippen LogP contribution is 2.49. The fourth-order valence-electron chi connectivity index (χ4n) is 4.01. The van der Waals surface area contributed by atoms with Gasteiger partial charge in [-0.05, 0) is 62.1 Å². The van der Waals surface area contributed by atoms with Crippen molar-refractivity contribution in [3.05, 3.63) is 29.3 Å². The second-order valence-corrected chi connectivity index (χ2v) is 6.88. The molecule has 2 saturated carbocycles. The Morgan fingerprint density at radius 2 is 2.29 bits per heavy atom. The van der Waals surface area contributed by atoms with E-state index in [9.17, 15) is 4.79 Å². The number of benzene rings is 1. The van der Waals surface area contributed by atoms with Gasteiger partial charge in [-0.3, -0.25) is 4.79 Å². The molecule has 2 aliphatic rings. The zero-order chi connectivity index (χ0) is 14.8. The lowest BCUT2D eigenvalue weighted by atomic mass is 9.84. The minimum absolute atomic E-state index is 0.0471. The summed E-state index contributed by atoms with van der Waals surface area (Å²) >= 11 is 5.89. The molecule has 0 unspecified atom stereocenters. The fraction of sp³-hybridized carbons (Fsp3) is 0.588. The van der Waals surface area contributed by atoms with Gasteiger partial charge in [-0.25, -0.2) is 0 Å². The predicted molar refractivity (Wildman–Crippen MR) is 83.5 cm³/mol. The van der Waals surface area contributed by atoms with E-state index in [4.69, 9.17) is 16.3 Å². The lowest BCUT2D eigenvalue weighted by Gasteiger charge is -2.28. The van der Waals surface area contributed by atoms with E-state index >= 15 is 0 Å². The number of rotatable bonds is 5. The zero-order valence-electron chi connectivity index (χ0n) is 12.3. The van der Waals surface area contributed by atoms with Crippen molar-refractivity contribution in [2.45, 2.75) is 38.6 Å². The highest BCUT2D eigenvalue weighted by molar-refractivity contribution is 6.30. The quantitative estimate of drug-likeness (QED) is 0.901. The molecule has 0 aromatic heterocycles. The first-order valence-corrected chi connectivity index (χ1v) is 8.17. The van der Waals surface area contributed by atoms with Crippen LogP contribution in [0.5, 0.6) is 5.75 Å². The summed E-state index contributed by atoms with van der Waals surface area (Å²) in [5.74, 6) is 2.95. The highest BCUT2D eigenvalue weighted by atomic mass is 35.5. The van der Waals surface area contributed by atoms with Crippen LogP contribution in [0.1, 0.15) is 32.6 Å². The Kier molecular flexibility index (Phi) is 4.39. The maximum absolute atomic E-state index is 12.0. The summed E-state index contributed by atoms with van der Waals surface area (Å²) < 4.78 is 5.48. The average Bonchev–Trinajstić information content (AvgIpc) is 3.08. The SMILES string of the molecule is C[C@@H](NC(=O)COc1cccc(Cl)c1)[C@@H]1C[C@@H]2CC[C@@H]1C2. The predicted octanol–water partition coefficient (Wildman–Crippen LogP) is 3.66. The Morgan fingerprint density at radius 1 is 1.43 bits per heavy atom. The molecule has 0 aliphatic heterocycles. The van der Waals surface area contributed by atoms with Gasteiger partial charge in [0.05, 0.1) is 0 Å². The highest BCUT2D eigenvalue weighted by Gasteiger charge is 2.42. The molecule has 0 saturated heterocycles. The molecule has 1 amide bonds. The van der Waals surface area contributed by atoms with Gasteiger partial charge in [-0.15, -0.1) is 0 Å². The summed E-state index contributed by atoms with van der Waals surface area (Å²) in [6, 6.07) is 7.36. The summed E-state index contributed by atoms with van der Waals surface area (Å²) in [4.78, 5) is 12.0. The minimum atomic E-state index is -0.0507. The standard InChI is InChI=1S/C17H22ClNO2/c1-11(16-8-12-5-6-13(16)7-12)19-17(20)10-21-15-4-2-3-14(18)9-15/h2-4,9,11-13,16H,5-8,10H2,1H3,(H,19,20)/t11-,12-,13-,16+/m1/s1. The fourth-order valence-corrected chi connectivity index (χ4v) is 4.19. The number of amides is 1. The molecule has 2 aliphatic carbocycles. The van der Waals surface area contributed by atoms with Crippen molar-refractivity contribution in [2.75, 3.05) is 6.61 Å². The van der Waals surface area contributed by atoms with Gasteiger partial charge in [0.2, 0.25) is 0 Å². The van der Waals surface area contributed by atoms with Gasteiger partial charge in [-0.2, -0.15) is 0 Å². The van der Waals surface area contributed by atoms with Crippen LogP contribution < -0.4 is 10.1 Å². The van der Waals surface area contributed by atoms with Crippen LogP contribution in [-0.4, -0.2) is 18.6 Å². The number of ether oxygens (including phenoxy) is 1. The molecule has 2 bridgehead atoms. The number of hydrogen-bond donors (Lipinski definition) is 1. The van der Waals surface area contributed by atoms with E-state index in [2.05, 4.69) is 12.2 Å². The molecule has 4 atom stereocenters. The molecular weight excluding hydrogens is 286 g/mol. The van der Waals surface area contributed by atoms with Crippen molar-refractivity contribution in [1.29, 1.82) is 0 Å². The van der Waals surface area contributed by atoms with Gasteiger partial charge in [0, 0.05) is 11.1 Å². The number of carbonyl (C=O) groups is 1. The van der Waals surface area contributed by atoms with Crippen LogP contribution in [0, 0.1) is 17.8 Å². The Hall–Kier alpha value is -1.22. The van der Waals surface area contributed by atoms with E-state index < -0.39 is 0 Å². The minimum Gasteiger partial charge on any atom is -0.484 e. The molecule has 3 rings (SSSR count). The van der Waals surface area contributed by atoms with Gasteiger partial charge >= 0.3 is 0 Å². The van der Waals surface area contributed by atoms with Gasteiger partial charge < -0.3 is 10.1 Å². The first-order valence-electron chi connectivity index (χ1n) is 7.79. The zero-order valence-corrected chi connectivity index (χ0v) is 13.1. The molecule has 1 aromatic rings. The van der Waals surface area contributed by atoms with Crippen LogP contribution in [0.3, 0.4) is 0 Å². The summed E-state index contributed by atoms with van der Waals surface area (Å²) in [5.41, 5.74) is 0. The van der Waals surface area contributed by atoms with Crippen molar-refractivity contribution in [2.24, 2.45) is 17.8 Å². The first kappa shape index (κ1) is 14.7. The van der Waals surface area contributed by atoms with Crippen LogP contribution in [0.2, 0.25) is 5.02 Å². The number of carbonyl (C=O) groups excluding carboxylic acids is 1. The Bertz CT molecular complexity index is 519. The van der Waals surface area contributed by atoms with Crippen molar-refractivity contribution in [1.82, 2.24) is 5.32 Å². The lowest BCUT2D eigenvalue weighted by Crippen LogP contribution is -2.42. The molecule has 4 heteroatoms. The van der Waals surface area contributed by atoms with E-state index in [1.54, 1.807) is 18.2 Å². The topological polar surface area (TPSA) is 38.3 Å². The smallest absolute Gasteiger partial charge is 0.258 e. The number of nitrogens with one attached hydrogen (secondary N) is 1. The molecule has 0 spiro atoms. The Balaban J connectivity index is 1.46. The molecule has 0 heterocycles. The van der Waals surface area contributed by atoms with Crippen LogP contribution in [0.25, 0.3) is 0 Å². The molecular formula is C17H22ClNO2. The number of halogens is 1. The largest absolute Gasteiger partial charge is 0.484 e. The first-order chi connectivity index (χ1) is 10.1. The molecule has 3 nitrogen and oxygen atoms in total. The number of fused-ring (bicyclic) bond motifs is 2. The van der Waals surface area contributed by atoms with Crippen LogP contribution in [-0.2, 0) is 4.79 Å². The number of hydrogen-bond acceptors (Lipinski definition) is 2. The van der Waals surface area contributed by atoms with Crippen molar-refractivity contribution in [3.63, 3.8) is 0 Å². The van der Waals surface area contributed by atoms with Crippen molar-refractivity contribution < 1.29 is 9.53 Å². The molecule has 114 valence electrons. The Labute approximate surface area is 131 Å². The molecule has 21 heavy (non-hydrogen) atoms. The van der Waals surface area contributed by atoms with Crippen molar-refractivity contribution >= 4 is 17.5 Å². The third-order valence-electron chi connectivity index (χ3n) is 4.99. The Morgan fingerprint density at radius 3 is 2.95 bits per heavy atom. The van der Waals surface area contributed by atoms with Crippen molar-refractivity contribution in [3.8, 4) is 5.75 Å². The van der Waals surface area contributed by atoms with E-state index in [1.165, 1.54) is 25.7 Å². The monoisotopic (exact) mass is 307 g/mol. The summed E-state index contributed by atoms with van der Waals surface area (Å²) in [6.07, 6.45) is 5.37. The average molecular weight is 308 g/mol. The summed E-state index contributed by atoms with van der Waals surface area (Å²) in [7, 11) is 0. The van der Waals surface area contributed by atoms with Crippen LogP contribution in [0.4, 0.5) is 0 Å². The molecule has 1 aromatic carbocycles.